The Kier molecular flexibility index (Phi) is 5.62. The van der Waals surface area contributed by atoms with E-state index in [4.69, 9.17) is 14.2 Å². The molecule has 2 N–H and O–H groups in total. The molecule has 32 heavy (non-hydrogen) atoms. The summed E-state index contributed by atoms with van der Waals surface area (Å²) in [5.74, 6) is -0.964. The van der Waals surface area contributed by atoms with Crippen LogP contribution in [0.1, 0.15) is 30.0 Å². The maximum atomic E-state index is 13.0. The van der Waals surface area contributed by atoms with Crippen LogP contribution >= 0.6 is 0 Å². The summed E-state index contributed by atoms with van der Waals surface area (Å²) < 4.78 is 55.5. The Morgan fingerprint density at radius 2 is 1.91 bits per heavy atom. The third kappa shape index (κ3) is 3.92. The fraction of sp³-hybridized carbons (Fsp3) is 0.364. The number of carbonyl (C=O) groups excluding carboxylic acids is 2. The van der Waals surface area contributed by atoms with Crippen LogP contribution in [-0.4, -0.2) is 38.3 Å². The molecule has 170 valence electrons. The normalized spacial score (nSPS) is 22.0. The second-order valence-electron chi connectivity index (χ2n) is 7.55. The molecule has 2 aromatic rings. The minimum atomic E-state index is -4.55. The van der Waals surface area contributed by atoms with Gasteiger partial charge in [0.05, 0.1) is 25.8 Å². The molecule has 7 nitrogen and oxygen atoms in total. The zero-order valence-electron chi connectivity index (χ0n) is 17.3. The van der Waals surface area contributed by atoms with Crippen molar-refractivity contribution in [3.8, 4) is 23.0 Å². The standard InChI is InChI=1S/C22H21F3N2O5/c1-30-11-6-7-12-16(10-11)32-15-5-3-4-14(31-2)18(15)19(12)27-21(29)13-8-9-17(22(23,24)25)26-20(13)28/h3-7,10,13,17,19H,8-9H2,1-2H3,(H,26,28)(H,27,29). The molecule has 2 aromatic carbocycles. The van der Waals surface area contributed by atoms with Crippen molar-refractivity contribution in [2.24, 2.45) is 5.92 Å². The van der Waals surface area contributed by atoms with Crippen molar-refractivity contribution in [3.63, 3.8) is 0 Å². The smallest absolute Gasteiger partial charge is 0.408 e. The number of methoxy groups -OCH3 is 2. The van der Waals surface area contributed by atoms with Gasteiger partial charge in [-0.25, -0.2) is 0 Å². The largest absolute Gasteiger partial charge is 0.497 e. The van der Waals surface area contributed by atoms with Crippen molar-refractivity contribution >= 4 is 11.8 Å². The quantitative estimate of drug-likeness (QED) is 0.697. The molecule has 0 spiro atoms. The molecule has 1 fully saturated rings. The number of alkyl halides is 3. The highest BCUT2D eigenvalue weighted by Crippen LogP contribution is 2.48. The van der Waals surface area contributed by atoms with Gasteiger partial charge < -0.3 is 24.8 Å². The lowest BCUT2D eigenvalue weighted by Gasteiger charge is -2.33. The Labute approximate surface area is 181 Å². The average Bonchev–Trinajstić information content (AvgIpc) is 2.77. The number of halogens is 3. The number of rotatable bonds is 4. The lowest BCUT2D eigenvalue weighted by atomic mass is 9.90. The second-order valence-corrected chi connectivity index (χ2v) is 7.55. The number of carbonyl (C=O) groups is 2. The third-order valence-electron chi connectivity index (χ3n) is 5.66. The van der Waals surface area contributed by atoms with Crippen LogP contribution in [0.2, 0.25) is 0 Å². The Morgan fingerprint density at radius 3 is 2.56 bits per heavy atom. The van der Waals surface area contributed by atoms with Gasteiger partial charge in [-0.05, 0) is 37.1 Å². The summed E-state index contributed by atoms with van der Waals surface area (Å²) in [5, 5.41) is 4.73. The summed E-state index contributed by atoms with van der Waals surface area (Å²) in [5.41, 5.74) is 1.14. The Bertz CT molecular complexity index is 1060. The molecule has 10 heteroatoms. The molecule has 0 bridgehead atoms. The molecule has 3 unspecified atom stereocenters. The van der Waals surface area contributed by atoms with Gasteiger partial charge in [0.15, 0.2) is 0 Å². The van der Waals surface area contributed by atoms with Gasteiger partial charge in [0.2, 0.25) is 11.8 Å². The molecule has 0 radical (unpaired) electrons. The van der Waals surface area contributed by atoms with E-state index in [1.54, 1.807) is 36.4 Å². The van der Waals surface area contributed by atoms with Crippen molar-refractivity contribution < 1.29 is 37.0 Å². The SMILES string of the molecule is COc1ccc2c(c1)Oc1cccc(OC)c1C2NC(=O)C1CCC(C(F)(F)F)NC1=O. The maximum absolute atomic E-state index is 13.0. The van der Waals surface area contributed by atoms with Crippen molar-refractivity contribution in [1.29, 1.82) is 0 Å². The molecule has 3 atom stereocenters. The third-order valence-corrected chi connectivity index (χ3v) is 5.66. The van der Waals surface area contributed by atoms with Gasteiger partial charge in [-0.3, -0.25) is 9.59 Å². The summed E-state index contributed by atoms with van der Waals surface area (Å²) in [7, 11) is 2.99. The van der Waals surface area contributed by atoms with E-state index in [1.807, 2.05) is 5.32 Å². The molecule has 2 heterocycles. The number of piperidine rings is 1. The van der Waals surface area contributed by atoms with Crippen LogP contribution in [0.5, 0.6) is 23.0 Å². The molecular formula is C22H21F3N2O5. The predicted octanol–water partition coefficient (Wildman–Crippen LogP) is 3.47. The average molecular weight is 450 g/mol. The van der Waals surface area contributed by atoms with Crippen LogP contribution in [0, 0.1) is 5.92 Å². The number of benzene rings is 2. The van der Waals surface area contributed by atoms with Gasteiger partial charge in [-0.1, -0.05) is 6.07 Å². The highest BCUT2D eigenvalue weighted by molar-refractivity contribution is 6.01. The highest BCUT2D eigenvalue weighted by atomic mass is 19.4. The van der Waals surface area contributed by atoms with Crippen LogP contribution in [0.25, 0.3) is 0 Å². The van der Waals surface area contributed by atoms with Gasteiger partial charge in [0, 0.05) is 11.6 Å². The number of fused-ring (bicyclic) bond motifs is 2. The predicted molar refractivity (Wildman–Crippen MR) is 107 cm³/mol. The first-order chi connectivity index (χ1) is 15.2. The van der Waals surface area contributed by atoms with Crippen LogP contribution < -0.4 is 24.8 Å². The van der Waals surface area contributed by atoms with E-state index >= 15 is 0 Å². The monoisotopic (exact) mass is 450 g/mol. The number of hydrogen-bond acceptors (Lipinski definition) is 5. The number of amides is 2. The zero-order chi connectivity index (χ0) is 23.0. The molecular weight excluding hydrogens is 429 g/mol. The molecule has 4 rings (SSSR count). The minimum absolute atomic E-state index is 0.209. The summed E-state index contributed by atoms with van der Waals surface area (Å²) in [6, 6.07) is 7.54. The van der Waals surface area contributed by atoms with Crippen molar-refractivity contribution in [1.82, 2.24) is 10.6 Å². The number of nitrogens with one attached hydrogen (secondary N) is 2. The fourth-order valence-electron chi connectivity index (χ4n) is 4.02. The first-order valence-corrected chi connectivity index (χ1v) is 9.93. The molecule has 1 saturated heterocycles. The zero-order valence-corrected chi connectivity index (χ0v) is 17.3. The molecule has 0 saturated carbocycles. The second kappa shape index (κ2) is 8.25. The lowest BCUT2D eigenvalue weighted by Crippen LogP contribution is -2.54. The topological polar surface area (TPSA) is 85.9 Å². The van der Waals surface area contributed by atoms with E-state index in [0.717, 1.165) is 0 Å². The van der Waals surface area contributed by atoms with E-state index in [9.17, 15) is 22.8 Å². The minimum Gasteiger partial charge on any atom is -0.497 e. The lowest BCUT2D eigenvalue weighted by molar-refractivity contribution is -0.171. The molecule has 0 aliphatic carbocycles. The summed E-state index contributed by atoms with van der Waals surface area (Å²) in [4.78, 5) is 25.3. The van der Waals surface area contributed by atoms with Gasteiger partial charge in [-0.2, -0.15) is 13.2 Å². The first kappa shape index (κ1) is 21.8. The van der Waals surface area contributed by atoms with Crippen LogP contribution in [0.3, 0.4) is 0 Å². The van der Waals surface area contributed by atoms with Crippen LogP contribution in [0.4, 0.5) is 13.2 Å². The van der Waals surface area contributed by atoms with E-state index < -0.39 is 36.0 Å². The molecule has 2 aliphatic heterocycles. The van der Waals surface area contributed by atoms with E-state index in [2.05, 4.69) is 5.32 Å². The van der Waals surface area contributed by atoms with E-state index in [-0.39, 0.29) is 12.8 Å². The molecule has 2 amide bonds. The Morgan fingerprint density at radius 1 is 1.12 bits per heavy atom. The summed E-state index contributed by atoms with van der Waals surface area (Å²) in [6.07, 6.45) is -5.13. The van der Waals surface area contributed by atoms with E-state index in [0.29, 0.717) is 34.1 Å². The Hall–Kier alpha value is -3.43. The van der Waals surface area contributed by atoms with Gasteiger partial charge in [0.1, 0.15) is 35.0 Å². The van der Waals surface area contributed by atoms with E-state index in [1.165, 1.54) is 14.2 Å². The van der Waals surface area contributed by atoms with Crippen molar-refractivity contribution in [2.45, 2.75) is 31.1 Å². The van der Waals surface area contributed by atoms with Gasteiger partial charge in [0.25, 0.3) is 0 Å². The van der Waals surface area contributed by atoms with Crippen LogP contribution in [-0.2, 0) is 9.59 Å². The van der Waals surface area contributed by atoms with Crippen molar-refractivity contribution in [3.05, 3.63) is 47.5 Å². The summed E-state index contributed by atoms with van der Waals surface area (Å²) >= 11 is 0. The maximum Gasteiger partial charge on any atom is 0.408 e. The van der Waals surface area contributed by atoms with Gasteiger partial charge >= 0.3 is 6.18 Å². The highest BCUT2D eigenvalue weighted by Gasteiger charge is 2.46. The number of hydrogen-bond donors (Lipinski definition) is 2. The van der Waals surface area contributed by atoms with Gasteiger partial charge in [-0.15, -0.1) is 0 Å². The first-order valence-electron chi connectivity index (χ1n) is 9.93. The molecule has 0 aromatic heterocycles. The molecule has 2 aliphatic rings. The van der Waals surface area contributed by atoms with Crippen molar-refractivity contribution in [2.75, 3.05) is 14.2 Å². The fourth-order valence-corrected chi connectivity index (χ4v) is 4.02. The summed E-state index contributed by atoms with van der Waals surface area (Å²) in [6.45, 7) is 0. The van der Waals surface area contributed by atoms with Crippen LogP contribution in [0.15, 0.2) is 36.4 Å². The Balaban J connectivity index is 1.65. The number of ether oxygens (including phenoxy) is 3.